The van der Waals surface area contributed by atoms with Crippen molar-refractivity contribution >= 4 is 5.91 Å². The minimum atomic E-state index is 0.0852. The van der Waals surface area contributed by atoms with Crippen LogP contribution < -0.4 is 11.1 Å². The van der Waals surface area contributed by atoms with Crippen molar-refractivity contribution in [2.45, 2.75) is 64.0 Å². The van der Waals surface area contributed by atoms with Gasteiger partial charge in [-0.3, -0.25) is 4.79 Å². The molecule has 2 rings (SSSR count). The highest BCUT2D eigenvalue weighted by Gasteiger charge is 2.36. The van der Waals surface area contributed by atoms with Crippen molar-refractivity contribution in [3.8, 4) is 0 Å². The molecular formula is C13H24N2O. The molecule has 92 valence electrons. The third-order valence-electron chi connectivity index (χ3n) is 4.23. The van der Waals surface area contributed by atoms with E-state index >= 15 is 0 Å². The first kappa shape index (κ1) is 11.9. The second kappa shape index (κ2) is 4.36. The molecule has 0 aromatic heterocycles. The molecule has 3 unspecified atom stereocenters. The van der Waals surface area contributed by atoms with Gasteiger partial charge in [-0.25, -0.2) is 0 Å². The van der Waals surface area contributed by atoms with Gasteiger partial charge < -0.3 is 11.1 Å². The zero-order valence-corrected chi connectivity index (χ0v) is 10.5. The van der Waals surface area contributed by atoms with Gasteiger partial charge in [-0.2, -0.15) is 0 Å². The average molecular weight is 224 g/mol. The third-order valence-corrected chi connectivity index (χ3v) is 4.23. The summed E-state index contributed by atoms with van der Waals surface area (Å²) in [7, 11) is 0. The molecule has 16 heavy (non-hydrogen) atoms. The molecule has 0 radical (unpaired) electrons. The molecule has 0 aliphatic heterocycles. The minimum absolute atomic E-state index is 0.0852. The van der Waals surface area contributed by atoms with E-state index < -0.39 is 0 Å². The Morgan fingerprint density at radius 1 is 1.31 bits per heavy atom. The normalized spacial score (nSPS) is 37.6. The van der Waals surface area contributed by atoms with Gasteiger partial charge in [0.15, 0.2) is 0 Å². The fraction of sp³-hybridized carbons (Fsp3) is 0.923. The summed E-state index contributed by atoms with van der Waals surface area (Å²) in [5.41, 5.74) is 6.07. The molecule has 0 bridgehead atoms. The molecule has 3 atom stereocenters. The largest absolute Gasteiger partial charge is 0.351 e. The second-order valence-electron chi connectivity index (χ2n) is 6.17. The summed E-state index contributed by atoms with van der Waals surface area (Å²) in [5.74, 6) is 0.981. The molecule has 0 saturated heterocycles. The Kier molecular flexibility index (Phi) is 3.24. The SMILES string of the molecule is CC1CC(N)CC(C(=O)NC2(C)CCC2)C1. The van der Waals surface area contributed by atoms with Crippen LogP contribution >= 0.6 is 0 Å². The summed E-state index contributed by atoms with van der Waals surface area (Å²) in [6.07, 6.45) is 6.46. The maximum absolute atomic E-state index is 12.1. The molecule has 3 nitrogen and oxygen atoms in total. The summed E-state index contributed by atoms with van der Waals surface area (Å²) in [4.78, 5) is 12.1. The molecule has 0 aromatic carbocycles. The monoisotopic (exact) mass is 224 g/mol. The van der Waals surface area contributed by atoms with Gasteiger partial charge >= 0.3 is 0 Å². The van der Waals surface area contributed by atoms with Gasteiger partial charge in [0.1, 0.15) is 0 Å². The van der Waals surface area contributed by atoms with Crippen molar-refractivity contribution < 1.29 is 4.79 Å². The fourth-order valence-electron chi connectivity index (χ4n) is 3.10. The van der Waals surface area contributed by atoms with Gasteiger partial charge in [-0.05, 0) is 51.4 Å². The quantitative estimate of drug-likeness (QED) is 0.751. The Labute approximate surface area is 98.2 Å². The predicted molar refractivity (Wildman–Crippen MR) is 64.9 cm³/mol. The Hall–Kier alpha value is -0.570. The zero-order valence-electron chi connectivity index (χ0n) is 10.5. The topological polar surface area (TPSA) is 55.1 Å². The van der Waals surface area contributed by atoms with Gasteiger partial charge in [0.2, 0.25) is 5.91 Å². The number of carbonyl (C=O) groups is 1. The van der Waals surface area contributed by atoms with Gasteiger partial charge in [0.25, 0.3) is 0 Å². The van der Waals surface area contributed by atoms with E-state index in [9.17, 15) is 4.79 Å². The fourth-order valence-corrected chi connectivity index (χ4v) is 3.10. The number of hydrogen-bond donors (Lipinski definition) is 2. The van der Waals surface area contributed by atoms with Gasteiger partial charge in [0, 0.05) is 17.5 Å². The van der Waals surface area contributed by atoms with E-state index in [2.05, 4.69) is 19.2 Å². The minimum Gasteiger partial charge on any atom is -0.351 e. The second-order valence-corrected chi connectivity index (χ2v) is 6.17. The summed E-state index contributed by atoms with van der Waals surface area (Å²) in [5, 5.41) is 3.21. The molecular weight excluding hydrogens is 200 g/mol. The van der Waals surface area contributed by atoms with E-state index in [-0.39, 0.29) is 23.4 Å². The van der Waals surface area contributed by atoms with Crippen molar-refractivity contribution in [1.82, 2.24) is 5.32 Å². The van der Waals surface area contributed by atoms with Crippen molar-refractivity contribution in [2.75, 3.05) is 0 Å². The Bertz CT molecular complexity index is 263. The number of nitrogens with one attached hydrogen (secondary N) is 1. The molecule has 2 aliphatic carbocycles. The number of rotatable bonds is 2. The van der Waals surface area contributed by atoms with Crippen LogP contribution in [0.4, 0.5) is 0 Å². The van der Waals surface area contributed by atoms with Crippen LogP contribution in [-0.4, -0.2) is 17.5 Å². The van der Waals surface area contributed by atoms with E-state index in [1.165, 1.54) is 6.42 Å². The summed E-state index contributed by atoms with van der Waals surface area (Å²) >= 11 is 0. The van der Waals surface area contributed by atoms with Crippen LogP contribution in [0.25, 0.3) is 0 Å². The molecule has 0 heterocycles. The van der Waals surface area contributed by atoms with E-state index in [0.717, 1.165) is 32.1 Å². The van der Waals surface area contributed by atoms with Crippen LogP contribution in [0.5, 0.6) is 0 Å². The zero-order chi connectivity index (χ0) is 11.8. The third kappa shape index (κ3) is 2.57. The van der Waals surface area contributed by atoms with Crippen molar-refractivity contribution in [3.63, 3.8) is 0 Å². The first-order valence-corrected chi connectivity index (χ1v) is 6.56. The van der Waals surface area contributed by atoms with E-state index in [4.69, 9.17) is 5.73 Å². The Morgan fingerprint density at radius 2 is 2.00 bits per heavy atom. The molecule has 0 spiro atoms. The van der Waals surface area contributed by atoms with Gasteiger partial charge in [0.05, 0.1) is 0 Å². The van der Waals surface area contributed by atoms with Crippen LogP contribution in [0.3, 0.4) is 0 Å². The lowest BCUT2D eigenvalue weighted by molar-refractivity contribution is -0.129. The molecule has 3 N–H and O–H groups in total. The van der Waals surface area contributed by atoms with Gasteiger partial charge in [-0.15, -0.1) is 0 Å². The van der Waals surface area contributed by atoms with Crippen LogP contribution in [-0.2, 0) is 4.79 Å². The number of amides is 1. The molecule has 3 heteroatoms. The van der Waals surface area contributed by atoms with Crippen LogP contribution in [0.2, 0.25) is 0 Å². The molecule has 2 fully saturated rings. The number of nitrogens with two attached hydrogens (primary N) is 1. The number of carbonyl (C=O) groups excluding carboxylic acids is 1. The van der Waals surface area contributed by atoms with Crippen molar-refractivity contribution in [1.29, 1.82) is 0 Å². The maximum Gasteiger partial charge on any atom is 0.223 e. The highest BCUT2D eigenvalue weighted by atomic mass is 16.2. The highest BCUT2D eigenvalue weighted by molar-refractivity contribution is 5.79. The first-order valence-electron chi connectivity index (χ1n) is 6.56. The summed E-state index contributed by atoms with van der Waals surface area (Å²) in [6.45, 7) is 4.35. The van der Waals surface area contributed by atoms with Crippen LogP contribution in [0.1, 0.15) is 52.4 Å². The van der Waals surface area contributed by atoms with Crippen molar-refractivity contribution in [2.24, 2.45) is 17.6 Å². The number of hydrogen-bond acceptors (Lipinski definition) is 2. The Morgan fingerprint density at radius 3 is 2.50 bits per heavy atom. The first-order chi connectivity index (χ1) is 7.48. The van der Waals surface area contributed by atoms with Crippen LogP contribution in [0.15, 0.2) is 0 Å². The van der Waals surface area contributed by atoms with E-state index in [1.807, 2.05) is 0 Å². The molecule has 1 amide bonds. The van der Waals surface area contributed by atoms with E-state index in [0.29, 0.717) is 5.92 Å². The van der Waals surface area contributed by atoms with Crippen LogP contribution in [0, 0.1) is 11.8 Å². The standard InChI is InChI=1S/C13H24N2O/c1-9-6-10(8-11(14)7-9)12(16)15-13(2)4-3-5-13/h9-11H,3-8,14H2,1-2H3,(H,15,16). The lowest BCUT2D eigenvalue weighted by Crippen LogP contribution is -2.53. The average Bonchev–Trinajstić information content (AvgIpc) is 2.13. The summed E-state index contributed by atoms with van der Waals surface area (Å²) in [6, 6.07) is 0.216. The lowest BCUT2D eigenvalue weighted by Gasteiger charge is -2.41. The lowest BCUT2D eigenvalue weighted by atomic mass is 9.76. The molecule has 2 saturated carbocycles. The van der Waals surface area contributed by atoms with E-state index in [1.54, 1.807) is 0 Å². The molecule has 0 aromatic rings. The predicted octanol–water partition coefficient (Wildman–Crippen LogP) is 1.81. The smallest absolute Gasteiger partial charge is 0.223 e. The maximum atomic E-state index is 12.1. The highest BCUT2D eigenvalue weighted by Crippen LogP contribution is 2.33. The molecule has 2 aliphatic rings. The van der Waals surface area contributed by atoms with Crippen molar-refractivity contribution in [3.05, 3.63) is 0 Å². The Balaban J connectivity index is 1.88. The van der Waals surface area contributed by atoms with Gasteiger partial charge in [-0.1, -0.05) is 6.92 Å². The summed E-state index contributed by atoms with van der Waals surface area (Å²) < 4.78 is 0.